The number of ether oxygens (including phenoxy) is 2. The summed E-state index contributed by atoms with van der Waals surface area (Å²) in [6, 6.07) is 3.75. The Bertz CT molecular complexity index is 610. The van der Waals surface area contributed by atoms with Gasteiger partial charge in [-0.05, 0) is 36.0 Å². The molecule has 1 aliphatic rings. The third kappa shape index (κ3) is 3.49. The van der Waals surface area contributed by atoms with Crippen LogP contribution in [-0.4, -0.2) is 39.2 Å². The zero-order chi connectivity index (χ0) is 17.2. The molecule has 1 aliphatic heterocycles. The Morgan fingerprint density at radius 2 is 1.57 bits per heavy atom. The van der Waals surface area contributed by atoms with E-state index < -0.39 is 11.9 Å². The molecule has 5 heteroatoms. The number of carbonyl (C=O) groups excluding carboxylic acids is 2. The van der Waals surface area contributed by atoms with Gasteiger partial charge in [-0.15, -0.1) is 0 Å². The normalized spacial score (nSPS) is 14.7. The molecule has 0 unspecified atom stereocenters. The molecule has 0 aromatic heterocycles. The average Bonchev–Trinajstić information content (AvgIpc) is 3.05. The van der Waals surface area contributed by atoms with Crippen LogP contribution in [0.2, 0.25) is 0 Å². The highest BCUT2D eigenvalue weighted by molar-refractivity contribution is 6.07. The molecule has 0 amide bonds. The molecule has 1 aromatic rings. The molecule has 1 saturated heterocycles. The number of carbonyl (C=O) groups is 2. The van der Waals surface area contributed by atoms with Crippen LogP contribution in [0.1, 0.15) is 59.9 Å². The number of benzene rings is 1. The minimum Gasteiger partial charge on any atom is -0.465 e. The standard InChI is InChI=1S/C18H25NO4/c1-18(2,3)12-10-13(16(20)22-4)15(17(21)23-5)14(11-12)19-8-6-7-9-19/h10-11H,6-9H2,1-5H3. The van der Waals surface area contributed by atoms with Gasteiger partial charge in [0.2, 0.25) is 0 Å². The maximum Gasteiger partial charge on any atom is 0.340 e. The SMILES string of the molecule is COC(=O)c1cc(C(C)(C)C)cc(N2CCCC2)c1C(=O)OC. The largest absolute Gasteiger partial charge is 0.465 e. The number of anilines is 1. The number of nitrogens with zero attached hydrogens (tertiary/aromatic N) is 1. The van der Waals surface area contributed by atoms with Crippen LogP contribution in [-0.2, 0) is 14.9 Å². The summed E-state index contributed by atoms with van der Waals surface area (Å²) >= 11 is 0. The van der Waals surface area contributed by atoms with Crippen molar-refractivity contribution < 1.29 is 19.1 Å². The second-order valence-corrected chi connectivity index (χ2v) is 6.85. The van der Waals surface area contributed by atoms with Crippen LogP contribution in [0.25, 0.3) is 0 Å². The summed E-state index contributed by atoms with van der Waals surface area (Å²) < 4.78 is 9.82. The van der Waals surface area contributed by atoms with Crippen molar-refractivity contribution in [2.45, 2.75) is 39.0 Å². The van der Waals surface area contributed by atoms with Gasteiger partial charge in [-0.3, -0.25) is 0 Å². The van der Waals surface area contributed by atoms with Crippen molar-refractivity contribution >= 4 is 17.6 Å². The average molecular weight is 319 g/mol. The van der Waals surface area contributed by atoms with Gasteiger partial charge in [-0.2, -0.15) is 0 Å². The van der Waals surface area contributed by atoms with Crippen LogP contribution < -0.4 is 4.90 Å². The molecule has 0 spiro atoms. The molecule has 1 aromatic carbocycles. The van der Waals surface area contributed by atoms with E-state index in [-0.39, 0.29) is 11.0 Å². The predicted molar refractivity (Wildman–Crippen MR) is 89.3 cm³/mol. The first-order chi connectivity index (χ1) is 10.8. The number of methoxy groups -OCH3 is 2. The lowest BCUT2D eigenvalue weighted by Gasteiger charge is -2.27. The Balaban J connectivity index is 2.73. The van der Waals surface area contributed by atoms with Crippen molar-refractivity contribution in [3.8, 4) is 0 Å². The van der Waals surface area contributed by atoms with E-state index in [1.807, 2.05) is 6.07 Å². The van der Waals surface area contributed by atoms with E-state index >= 15 is 0 Å². The quantitative estimate of drug-likeness (QED) is 0.801. The molecule has 0 atom stereocenters. The molecule has 126 valence electrons. The Labute approximate surface area is 137 Å². The van der Waals surface area contributed by atoms with Crippen LogP contribution in [0.3, 0.4) is 0 Å². The summed E-state index contributed by atoms with van der Waals surface area (Å²) in [4.78, 5) is 26.7. The van der Waals surface area contributed by atoms with Gasteiger partial charge in [0, 0.05) is 13.1 Å². The summed E-state index contributed by atoms with van der Waals surface area (Å²) in [6.07, 6.45) is 2.15. The highest BCUT2D eigenvalue weighted by Gasteiger charge is 2.29. The van der Waals surface area contributed by atoms with Crippen molar-refractivity contribution in [1.82, 2.24) is 0 Å². The van der Waals surface area contributed by atoms with Gasteiger partial charge >= 0.3 is 11.9 Å². The van der Waals surface area contributed by atoms with Gasteiger partial charge in [-0.25, -0.2) is 9.59 Å². The zero-order valence-electron chi connectivity index (χ0n) is 14.6. The Morgan fingerprint density at radius 3 is 2.04 bits per heavy atom. The third-order valence-electron chi connectivity index (χ3n) is 4.23. The molecule has 0 N–H and O–H groups in total. The number of esters is 2. The molecule has 5 nitrogen and oxygen atoms in total. The maximum atomic E-state index is 12.3. The molecule has 0 aliphatic carbocycles. The van der Waals surface area contributed by atoms with E-state index in [0.717, 1.165) is 37.2 Å². The van der Waals surface area contributed by atoms with Crippen LogP contribution in [0, 0.1) is 0 Å². The Hall–Kier alpha value is -2.04. The third-order valence-corrected chi connectivity index (χ3v) is 4.23. The number of hydrogen-bond donors (Lipinski definition) is 0. The number of hydrogen-bond acceptors (Lipinski definition) is 5. The fourth-order valence-electron chi connectivity index (χ4n) is 2.85. The second-order valence-electron chi connectivity index (χ2n) is 6.85. The van der Waals surface area contributed by atoms with E-state index in [2.05, 4.69) is 25.7 Å². The lowest BCUT2D eigenvalue weighted by molar-refractivity contribution is 0.0555. The van der Waals surface area contributed by atoms with Crippen LogP contribution >= 0.6 is 0 Å². The van der Waals surface area contributed by atoms with Gasteiger partial charge in [0.25, 0.3) is 0 Å². The smallest absolute Gasteiger partial charge is 0.340 e. The molecule has 23 heavy (non-hydrogen) atoms. The fraction of sp³-hybridized carbons (Fsp3) is 0.556. The molecular weight excluding hydrogens is 294 g/mol. The highest BCUT2D eigenvalue weighted by atomic mass is 16.5. The minimum atomic E-state index is -0.517. The second kappa shape index (κ2) is 6.60. The van der Waals surface area contributed by atoms with Crippen LogP contribution in [0.4, 0.5) is 5.69 Å². The van der Waals surface area contributed by atoms with Gasteiger partial charge < -0.3 is 14.4 Å². The van der Waals surface area contributed by atoms with E-state index in [1.54, 1.807) is 6.07 Å². The van der Waals surface area contributed by atoms with Gasteiger partial charge in [0.1, 0.15) is 0 Å². The predicted octanol–water partition coefficient (Wildman–Crippen LogP) is 3.16. The molecule has 0 bridgehead atoms. The molecule has 0 saturated carbocycles. The summed E-state index contributed by atoms with van der Waals surface area (Å²) in [5.74, 6) is -1.02. The van der Waals surface area contributed by atoms with Crippen molar-refractivity contribution in [3.05, 3.63) is 28.8 Å². The molecule has 1 heterocycles. The first kappa shape index (κ1) is 17.3. The van der Waals surface area contributed by atoms with Gasteiger partial charge in [-0.1, -0.05) is 20.8 Å². The first-order valence-electron chi connectivity index (χ1n) is 7.89. The maximum absolute atomic E-state index is 12.3. The van der Waals surface area contributed by atoms with Gasteiger partial charge in [0.05, 0.1) is 31.0 Å². The lowest BCUT2D eigenvalue weighted by atomic mass is 9.84. The fourth-order valence-corrected chi connectivity index (χ4v) is 2.85. The molecule has 0 radical (unpaired) electrons. The van der Waals surface area contributed by atoms with E-state index in [0.29, 0.717) is 5.56 Å². The zero-order valence-corrected chi connectivity index (χ0v) is 14.6. The van der Waals surface area contributed by atoms with E-state index in [4.69, 9.17) is 9.47 Å². The molecular formula is C18H25NO4. The van der Waals surface area contributed by atoms with Crippen molar-refractivity contribution in [2.24, 2.45) is 0 Å². The Kier molecular flexibility index (Phi) is 4.97. The Morgan fingerprint density at radius 1 is 1.00 bits per heavy atom. The summed E-state index contributed by atoms with van der Waals surface area (Å²) in [5, 5.41) is 0. The topological polar surface area (TPSA) is 55.8 Å². The lowest BCUT2D eigenvalue weighted by Crippen LogP contribution is -2.25. The minimum absolute atomic E-state index is 0.147. The van der Waals surface area contributed by atoms with Crippen molar-refractivity contribution in [3.63, 3.8) is 0 Å². The summed E-state index contributed by atoms with van der Waals surface area (Å²) in [7, 11) is 2.65. The summed E-state index contributed by atoms with van der Waals surface area (Å²) in [6.45, 7) is 7.98. The van der Waals surface area contributed by atoms with Gasteiger partial charge in [0.15, 0.2) is 0 Å². The van der Waals surface area contributed by atoms with Crippen LogP contribution in [0.15, 0.2) is 12.1 Å². The highest BCUT2D eigenvalue weighted by Crippen LogP contribution is 2.34. The van der Waals surface area contributed by atoms with Crippen molar-refractivity contribution in [1.29, 1.82) is 0 Å². The first-order valence-corrected chi connectivity index (χ1v) is 7.89. The molecule has 1 fully saturated rings. The number of rotatable bonds is 3. The summed E-state index contributed by atoms with van der Waals surface area (Å²) in [5.41, 5.74) is 2.18. The van der Waals surface area contributed by atoms with Crippen molar-refractivity contribution in [2.75, 3.05) is 32.2 Å². The molecule has 2 rings (SSSR count). The van der Waals surface area contributed by atoms with Crippen LogP contribution in [0.5, 0.6) is 0 Å². The van der Waals surface area contributed by atoms with E-state index in [9.17, 15) is 9.59 Å². The van der Waals surface area contributed by atoms with E-state index in [1.165, 1.54) is 14.2 Å². The monoisotopic (exact) mass is 319 g/mol.